The largest absolute Gasteiger partial charge is 0.369 e. The lowest BCUT2D eigenvalue weighted by molar-refractivity contribution is -0.120. The Labute approximate surface area is 155 Å². The quantitative estimate of drug-likeness (QED) is 0.610. The number of hydrogen-bond acceptors (Lipinski definition) is 4. The standard InChI is InChI=1S/C21H17N5O/c22-19(27)21(11-12-21)20-24-18(15-6-2-1-3-7-15)25-26(20)16-10-4-8-14-9-5-13-23-17(14)16/h1-10,13H,11-12H2,(H2,22,27). The monoisotopic (exact) mass is 355 g/mol. The number of primary amides is 1. The molecule has 2 heterocycles. The van der Waals surface area contributed by atoms with Crippen LogP contribution in [0.4, 0.5) is 0 Å². The molecule has 132 valence electrons. The Kier molecular flexibility index (Phi) is 3.33. The molecule has 0 atom stereocenters. The van der Waals surface area contributed by atoms with E-state index in [0.717, 1.165) is 22.2 Å². The lowest BCUT2D eigenvalue weighted by atomic mass is 10.1. The fraction of sp³-hybridized carbons (Fsp3) is 0.143. The molecule has 0 aliphatic heterocycles. The van der Waals surface area contributed by atoms with Gasteiger partial charge in [0.15, 0.2) is 5.82 Å². The van der Waals surface area contributed by atoms with Crippen LogP contribution in [0.5, 0.6) is 0 Å². The molecule has 0 spiro atoms. The molecule has 2 N–H and O–H groups in total. The van der Waals surface area contributed by atoms with E-state index in [9.17, 15) is 4.79 Å². The van der Waals surface area contributed by atoms with Gasteiger partial charge in [-0.25, -0.2) is 9.67 Å². The van der Waals surface area contributed by atoms with E-state index in [0.29, 0.717) is 24.5 Å². The Bertz CT molecular complexity index is 1160. The second kappa shape index (κ2) is 5.74. The summed E-state index contributed by atoms with van der Waals surface area (Å²) in [5.41, 5.74) is 7.49. The first-order valence-electron chi connectivity index (χ1n) is 8.86. The molecular formula is C21H17N5O. The Morgan fingerprint density at radius 3 is 2.52 bits per heavy atom. The van der Waals surface area contributed by atoms with Gasteiger partial charge in [-0.15, -0.1) is 5.10 Å². The Morgan fingerprint density at radius 2 is 1.78 bits per heavy atom. The molecule has 6 nitrogen and oxygen atoms in total. The molecule has 0 unspecified atom stereocenters. The van der Waals surface area contributed by atoms with Crippen molar-refractivity contribution < 1.29 is 4.79 Å². The molecular weight excluding hydrogens is 338 g/mol. The minimum atomic E-state index is -0.753. The van der Waals surface area contributed by atoms with Crippen LogP contribution in [-0.4, -0.2) is 25.7 Å². The van der Waals surface area contributed by atoms with E-state index in [1.54, 1.807) is 10.9 Å². The van der Waals surface area contributed by atoms with Gasteiger partial charge in [-0.05, 0) is 25.0 Å². The summed E-state index contributed by atoms with van der Waals surface area (Å²) < 4.78 is 1.75. The van der Waals surface area contributed by atoms with Crippen molar-refractivity contribution in [2.24, 2.45) is 5.73 Å². The third-order valence-corrected chi connectivity index (χ3v) is 5.13. The maximum atomic E-state index is 12.2. The SMILES string of the molecule is NC(=O)C1(c2nc(-c3ccccc3)nn2-c2cccc3cccnc23)CC1. The van der Waals surface area contributed by atoms with Gasteiger partial charge >= 0.3 is 0 Å². The van der Waals surface area contributed by atoms with Crippen LogP contribution in [0.1, 0.15) is 18.7 Å². The number of carbonyl (C=O) groups excluding carboxylic acids is 1. The summed E-state index contributed by atoms with van der Waals surface area (Å²) in [6, 6.07) is 19.5. The van der Waals surface area contributed by atoms with Gasteiger partial charge in [-0.3, -0.25) is 9.78 Å². The summed E-state index contributed by atoms with van der Waals surface area (Å²) in [5.74, 6) is 0.807. The van der Waals surface area contributed by atoms with Crippen molar-refractivity contribution in [3.05, 3.63) is 72.7 Å². The molecule has 0 bridgehead atoms. The van der Waals surface area contributed by atoms with E-state index in [1.165, 1.54) is 0 Å². The summed E-state index contributed by atoms with van der Waals surface area (Å²) in [6.45, 7) is 0. The van der Waals surface area contributed by atoms with Crippen LogP contribution in [0.25, 0.3) is 28.0 Å². The maximum absolute atomic E-state index is 12.2. The van der Waals surface area contributed by atoms with Crippen LogP contribution >= 0.6 is 0 Å². The fourth-order valence-corrected chi connectivity index (χ4v) is 3.46. The number of fused-ring (bicyclic) bond motifs is 1. The smallest absolute Gasteiger partial charge is 0.231 e. The number of rotatable bonds is 4. The Balaban J connectivity index is 1.78. The molecule has 6 heteroatoms. The van der Waals surface area contributed by atoms with Crippen molar-refractivity contribution in [1.82, 2.24) is 19.7 Å². The predicted molar refractivity (Wildman–Crippen MR) is 102 cm³/mol. The number of nitrogens with two attached hydrogens (primary N) is 1. The lowest BCUT2D eigenvalue weighted by Crippen LogP contribution is -2.31. The number of carbonyl (C=O) groups is 1. The average Bonchev–Trinajstić information content (AvgIpc) is 3.41. The molecule has 2 aromatic heterocycles. The highest BCUT2D eigenvalue weighted by molar-refractivity contribution is 5.90. The fourth-order valence-electron chi connectivity index (χ4n) is 3.46. The van der Waals surface area contributed by atoms with E-state index in [4.69, 9.17) is 15.8 Å². The molecule has 0 saturated heterocycles. The molecule has 5 rings (SSSR count). The van der Waals surface area contributed by atoms with Crippen LogP contribution < -0.4 is 5.73 Å². The van der Waals surface area contributed by atoms with E-state index in [2.05, 4.69) is 4.98 Å². The average molecular weight is 355 g/mol. The van der Waals surface area contributed by atoms with Crippen molar-refractivity contribution in [2.75, 3.05) is 0 Å². The molecule has 1 amide bonds. The lowest BCUT2D eigenvalue weighted by Gasteiger charge is -2.13. The third kappa shape index (κ3) is 2.41. The summed E-state index contributed by atoms with van der Waals surface area (Å²) in [6.07, 6.45) is 3.13. The molecule has 1 saturated carbocycles. The first-order valence-corrected chi connectivity index (χ1v) is 8.86. The highest BCUT2D eigenvalue weighted by atomic mass is 16.1. The molecule has 27 heavy (non-hydrogen) atoms. The van der Waals surface area contributed by atoms with Crippen LogP contribution in [0.15, 0.2) is 66.9 Å². The van der Waals surface area contributed by atoms with E-state index < -0.39 is 5.41 Å². The first-order chi connectivity index (χ1) is 13.2. The van der Waals surface area contributed by atoms with Crippen LogP contribution in [-0.2, 0) is 10.2 Å². The second-order valence-corrected chi connectivity index (χ2v) is 6.84. The summed E-state index contributed by atoms with van der Waals surface area (Å²) in [7, 11) is 0. The molecule has 1 fully saturated rings. The maximum Gasteiger partial charge on any atom is 0.231 e. The highest BCUT2D eigenvalue weighted by Gasteiger charge is 2.54. The molecule has 0 radical (unpaired) electrons. The van der Waals surface area contributed by atoms with Crippen molar-refractivity contribution in [3.8, 4) is 17.1 Å². The van der Waals surface area contributed by atoms with Gasteiger partial charge in [-0.1, -0.05) is 48.5 Å². The van der Waals surface area contributed by atoms with Crippen LogP contribution in [0, 0.1) is 0 Å². The zero-order valence-electron chi connectivity index (χ0n) is 14.5. The van der Waals surface area contributed by atoms with E-state index in [-0.39, 0.29) is 5.91 Å². The predicted octanol–water partition coefficient (Wildman–Crippen LogP) is 3.00. The number of benzene rings is 2. The molecule has 2 aromatic carbocycles. The minimum Gasteiger partial charge on any atom is -0.369 e. The van der Waals surface area contributed by atoms with Crippen LogP contribution in [0.3, 0.4) is 0 Å². The van der Waals surface area contributed by atoms with Crippen molar-refractivity contribution in [3.63, 3.8) is 0 Å². The summed E-state index contributed by atoms with van der Waals surface area (Å²) in [4.78, 5) is 21.5. The number of pyridine rings is 1. The number of para-hydroxylation sites is 1. The molecule has 1 aliphatic carbocycles. The van der Waals surface area contributed by atoms with Crippen molar-refractivity contribution in [2.45, 2.75) is 18.3 Å². The summed E-state index contributed by atoms with van der Waals surface area (Å²) in [5, 5.41) is 5.75. The van der Waals surface area contributed by atoms with Gasteiger partial charge in [0, 0.05) is 17.1 Å². The van der Waals surface area contributed by atoms with Gasteiger partial charge in [0.05, 0.1) is 11.2 Å². The minimum absolute atomic E-state index is 0.357. The Hall–Kier alpha value is -3.54. The van der Waals surface area contributed by atoms with Gasteiger partial charge < -0.3 is 5.73 Å². The zero-order valence-corrected chi connectivity index (χ0v) is 14.5. The second-order valence-electron chi connectivity index (χ2n) is 6.84. The Morgan fingerprint density at radius 1 is 1.00 bits per heavy atom. The normalized spacial score (nSPS) is 15.0. The first kappa shape index (κ1) is 15.7. The topological polar surface area (TPSA) is 86.7 Å². The molecule has 4 aromatic rings. The van der Waals surface area contributed by atoms with Crippen molar-refractivity contribution >= 4 is 16.8 Å². The van der Waals surface area contributed by atoms with Gasteiger partial charge in [0.1, 0.15) is 11.2 Å². The van der Waals surface area contributed by atoms with Gasteiger partial charge in [0.2, 0.25) is 5.91 Å². The van der Waals surface area contributed by atoms with Gasteiger partial charge in [-0.2, -0.15) is 0 Å². The molecule has 1 aliphatic rings. The van der Waals surface area contributed by atoms with Gasteiger partial charge in [0.25, 0.3) is 0 Å². The number of nitrogens with zero attached hydrogens (tertiary/aromatic N) is 4. The van der Waals surface area contributed by atoms with E-state index >= 15 is 0 Å². The number of amides is 1. The van der Waals surface area contributed by atoms with Crippen molar-refractivity contribution in [1.29, 1.82) is 0 Å². The summed E-state index contributed by atoms with van der Waals surface area (Å²) >= 11 is 0. The third-order valence-electron chi connectivity index (χ3n) is 5.13. The van der Waals surface area contributed by atoms with Crippen LogP contribution in [0.2, 0.25) is 0 Å². The highest BCUT2D eigenvalue weighted by Crippen LogP contribution is 2.48. The zero-order chi connectivity index (χ0) is 18.4. The number of aromatic nitrogens is 4. The number of hydrogen-bond donors (Lipinski definition) is 1. The van der Waals surface area contributed by atoms with E-state index in [1.807, 2.05) is 60.7 Å².